The van der Waals surface area contributed by atoms with Crippen LogP contribution in [0.4, 0.5) is 8.78 Å². The fraction of sp³-hybridized carbons (Fsp3) is 0.200. The lowest BCUT2D eigenvalue weighted by atomic mass is 10.2. The molecule has 0 atom stereocenters. The molecule has 0 saturated carbocycles. The van der Waals surface area contributed by atoms with Crippen LogP contribution in [0.1, 0.15) is 11.1 Å². The molecule has 0 aliphatic heterocycles. The average Bonchev–Trinajstić information content (AvgIpc) is 2.48. The number of methoxy groups -OCH3 is 1. The van der Waals surface area contributed by atoms with Crippen molar-refractivity contribution in [1.82, 2.24) is 0 Å². The summed E-state index contributed by atoms with van der Waals surface area (Å²) in [5, 5.41) is 0.575. The lowest BCUT2D eigenvalue weighted by molar-refractivity contribution is 0.276. The minimum atomic E-state index is -0.886. The number of para-hydroxylation sites is 1. The van der Waals surface area contributed by atoms with Crippen molar-refractivity contribution >= 4 is 15.9 Å². The summed E-state index contributed by atoms with van der Waals surface area (Å²) in [5.41, 5.74) is 1.04. The Bertz CT molecular complexity index is 580. The van der Waals surface area contributed by atoms with E-state index in [0.29, 0.717) is 16.8 Å². The molecule has 0 radical (unpaired) electrons. The van der Waals surface area contributed by atoms with Crippen LogP contribution < -0.4 is 9.47 Å². The fourth-order valence-electron chi connectivity index (χ4n) is 1.80. The van der Waals surface area contributed by atoms with Gasteiger partial charge in [0.25, 0.3) is 0 Å². The van der Waals surface area contributed by atoms with Crippen LogP contribution in [0.3, 0.4) is 0 Å². The van der Waals surface area contributed by atoms with Crippen molar-refractivity contribution in [2.24, 2.45) is 0 Å². The largest absolute Gasteiger partial charge is 0.493 e. The summed E-state index contributed by atoms with van der Waals surface area (Å²) < 4.78 is 37.5. The monoisotopic (exact) mass is 342 g/mol. The zero-order valence-electron chi connectivity index (χ0n) is 10.8. The number of ether oxygens (including phenoxy) is 2. The van der Waals surface area contributed by atoms with Gasteiger partial charge in [-0.3, -0.25) is 0 Å². The van der Waals surface area contributed by atoms with Crippen LogP contribution >= 0.6 is 15.9 Å². The Morgan fingerprint density at radius 3 is 2.45 bits per heavy atom. The van der Waals surface area contributed by atoms with Crippen molar-refractivity contribution in [2.75, 3.05) is 7.11 Å². The molecule has 5 heteroatoms. The summed E-state index contributed by atoms with van der Waals surface area (Å²) in [6.45, 7) is -0.0655. The number of hydrogen-bond donors (Lipinski definition) is 0. The third-order valence-electron chi connectivity index (χ3n) is 2.83. The van der Waals surface area contributed by atoms with Crippen molar-refractivity contribution in [1.29, 1.82) is 0 Å². The Labute approximate surface area is 124 Å². The first-order valence-corrected chi connectivity index (χ1v) is 7.07. The molecule has 0 fully saturated rings. The Morgan fingerprint density at radius 1 is 1.05 bits per heavy atom. The van der Waals surface area contributed by atoms with E-state index in [9.17, 15) is 8.78 Å². The van der Waals surface area contributed by atoms with Crippen molar-refractivity contribution in [2.45, 2.75) is 11.9 Å². The molecule has 106 valence electrons. The van der Waals surface area contributed by atoms with Crippen LogP contribution in [0.15, 0.2) is 36.4 Å². The Kier molecular flexibility index (Phi) is 4.95. The zero-order chi connectivity index (χ0) is 14.5. The molecule has 0 aliphatic carbocycles. The molecule has 0 aromatic heterocycles. The van der Waals surface area contributed by atoms with Crippen LogP contribution in [0, 0.1) is 11.6 Å². The van der Waals surface area contributed by atoms with Crippen LogP contribution in [-0.2, 0) is 11.9 Å². The van der Waals surface area contributed by atoms with Gasteiger partial charge in [-0.15, -0.1) is 0 Å². The van der Waals surface area contributed by atoms with E-state index in [1.807, 2.05) is 12.1 Å². The van der Waals surface area contributed by atoms with Crippen molar-refractivity contribution in [3.05, 3.63) is 59.2 Å². The van der Waals surface area contributed by atoms with Crippen LogP contribution in [-0.4, -0.2) is 7.11 Å². The summed E-state index contributed by atoms with van der Waals surface area (Å²) in [6.07, 6.45) is 0. The minimum absolute atomic E-state index is 0.0655. The van der Waals surface area contributed by atoms with Gasteiger partial charge in [-0.25, -0.2) is 8.78 Å². The SMILES string of the molecule is COc1cccc(CBr)c1OCc1cccc(F)c1F. The number of rotatable bonds is 5. The first-order valence-electron chi connectivity index (χ1n) is 5.95. The van der Waals surface area contributed by atoms with E-state index in [0.717, 1.165) is 11.6 Å². The predicted octanol–water partition coefficient (Wildman–Crippen LogP) is 4.45. The molecule has 2 rings (SSSR count). The lowest BCUT2D eigenvalue weighted by Crippen LogP contribution is -2.03. The van der Waals surface area contributed by atoms with Gasteiger partial charge < -0.3 is 9.47 Å². The molecule has 0 unspecified atom stereocenters. The molecule has 0 N–H and O–H groups in total. The highest BCUT2D eigenvalue weighted by molar-refractivity contribution is 9.08. The predicted molar refractivity (Wildman–Crippen MR) is 76.3 cm³/mol. The van der Waals surface area contributed by atoms with Crippen molar-refractivity contribution < 1.29 is 18.3 Å². The fourth-order valence-corrected chi connectivity index (χ4v) is 2.24. The summed E-state index contributed by atoms with van der Waals surface area (Å²) in [6, 6.07) is 9.47. The maximum Gasteiger partial charge on any atom is 0.165 e. The number of halogens is 3. The van der Waals surface area contributed by atoms with Crippen molar-refractivity contribution in [3.8, 4) is 11.5 Å². The third kappa shape index (κ3) is 3.10. The molecule has 0 amide bonds. The molecule has 0 saturated heterocycles. The quantitative estimate of drug-likeness (QED) is 0.747. The van der Waals surface area contributed by atoms with Crippen LogP contribution in [0.25, 0.3) is 0 Å². The van der Waals surface area contributed by atoms with E-state index in [4.69, 9.17) is 9.47 Å². The molecule has 20 heavy (non-hydrogen) atoms. The number of benzene rings is 2. The molecule has 2 aromatic rings. The number of alkyl halides is 1. The third-order valence-corrected chi connectivity index (χ3v) is 3.43. The average molecular weight is 343 g/mol. The van der Waals surface area contributed by atoms with E-state index in [2.05, 4.69) is 15.9 Å². The highest BCUT2D eigenvalue weighted by atomic mass is 79.9. The maximum absolute atomic E-state index is 13.6. The summed E-state index contributed by atoms with van der Waals surface area (Å²) in [4.78, 5) is 0. The molecule has 2 aromatic carbocycles. The smallest absolute Gasteiger partial charge is 0.165 e. The standard InChI is InChI=1S/C15H13BrF2O2/c1-19-13-7-3-4-10(8-16)15(13)20-9-11-5-2-6-12(17)14(11)18/h2-7H,8-9H2,1H3. The molecule has 0 spiro atoms. The summed E-state index contributed by atoms with van der Waals surface area (Å²) in [5.74, 6) is -0.691. The van der Waals surface area contributed by atoms with E-state index < -0.39 is 11.6 Å². The highest BCUT2D eigenvalue weighted by Crippen LogP contribution is 2.33. The van der Waals surface area contributed by atoms with Gasteiger partial charge >= 0.3 is 0 Å². The van der Waals surface area contributed by atoms with Gasteiger partial charge in [-0.2, -0.15) is 0 Å². The minimum Gasteiger partial charge on any atom is -0.493 e. The van der Waals surface area contributed by atoms with Gasteiger partial charge in [-0.05, 0) is 12.1 Å². The summed E-state index contributed by atoms with van der Waals surface area (Å²) >= 11 is 3.35. The number of hydrogen-bond acceptors (Lipinski definition) is 2. The first-order chi connectivity index (χ1) is 9.67. The Hall–Kier alpha value is -1.62. The molecular formula is C15H13BrF2O2. The molecule has 0 heterocycles. The topological polar surface area (TPSA) is 18.5 Å². The van der Waals surface area contributed by atoms with Crippen LogP contribution in [0.2, 0.25) is 0 Å². The maximum atomic E-state index is 13.6. The second-order valence-corrected chi connectivity index (χ2v) is 4.64. The highest BCUT2D eigenvalue weighted by Gasteiger charge is 2.12. The van der Waals surface area contributed by atoms with Crippen LogP contribution in [0.5, 0.6) is 11.5 Å². The molecule has 0 aliphatic rings. The van der Waals surface area contributed by atoms with Gasteiger partial charge in [-0.1, -0.05) is 40.2 Å². The van der Waals surface area contributed by atoms with E-state index in [1.165, 1.54) is 19.2 Å². The lowest BCUT2D eigenvalue weighted by Gasteiger charge is -2.14. The van der Waals surface area contributed by atoms with E-state index in [1.54, 1.807) is 6.07 Å². The van der Waals surface area contributed by atoms with Gasteiger partial charge in [0.15, 0.2) is 23.1 Å². The van der Waals surface area contributed by atoms with Gasteiger partial charge in [0, 0.05) is 16.5 Å². The molecular weight excluding hydrogens is 330 g/mol. The summed E-state index contributed by atoms with van der Waals surface area (Å²) in [7, 11) is 1.53. The normalized spacial score (nSPS) is 10.4. The van der Waals surface area contributed by atoms with Crippen molar-refractivity contribution in [3.63, 3.8) is 0 Å². The van der Waals surface area contributed by atoms with Gasteiger partial charge in [0.2, 0.25) is 0 Å². The van der Waals surface area contributed by atoms with E-state index in [-0.39, 0.29) is 12.2 Å². The Morgan fingerprint density at radius 2 is 1.75 bits per heavy atom. The molecule has 0 bridgehead atoms. The first kappa shape index (κ1) is 14.8. The Balaban J connectivity index is 2.24. The zero-order valence-corrected chi connectivity index (χ0v) is 12.4. The second kappa shape index (κ2) is 6.70. The van der Waals surface area contributed by atoms with E-state index >= 15 is 0 Å². The van der Waals surface area contributed by atoms with Gasteiger partial charge in [0.1, 0.15) is 6.61 Å². The van der Waals surface area contributed by atoms with Gasteiger partial charge in [0.05, 0.1) is 7.11 Å². The molecule has 2 nitrogen and oxygen atoms in total. The second-order valence-electron chi connectivity index (χ2n) is 4.08.